The smallest absolute Gasteiger partial charge is 0.129 e. The first-order valence-corrected chi connectivity index (χ1v) is 14.1. The summed E-state index contributed by atoms with van der Waals surface area (Å²) in [5.74, 6) is 3.34. The van der Waals surface area contributed by atoms with Crippen LogP contribution in [0.15, 0.2) is 78.9 Å². The summed E-state index contributed by atoms with van der Waals surface area (Å²) in [6.45, 7) is 8.84. The molecule has 154 valence electrons. The van der Waals surface area contributed by atoms with E-state index in [1.54, 1.807) is 0 Å². The van der Waals surface area contributed by atoms with Gasteiger partial charge in [0.05, 0.1) is 5.69 Å². The van der Waals surface area contributed by atoms with Crippen molar-refractivity contribution < 1.29 is 0 Å². The summed E-state index contributed by atoms with van der Waals surface area (Å²) in [7, 11) is -1.49. The summed E-state index contributed by atoms with van der Waals surface area (Å²) in [5, 5.41) is 0. The third-order valence-corrected chi connectivity index (χ3v) is 6.05. The van der Waals surface area contributed by atoms with Crippen molar-refractivity contribution in [1.29, 1.82) is 0 Å². The summed E-state index contributed by atoms with van der Waals surface area (Å²) >= 11 is 0. The molecule has 0 aliphatic carbocycles. The van der Waals surface area contributed by atoms with Crippen LogP contribution in [-0.2, 0) is 0 Å². The summed E-state index contributed by atoms with van der Waals surface area (Å²) in [4.78, 5) is 3.59. The summed E-state index contributed by atoms with van der Waals surface area (Å²) in [6.07, 6.45) is 0. The molecule has 3 N–H and O–H groups in total. The number of H-pyrrole nitrogens is 1. The Morgan fingerprint density at radius 3 is 2.13 bits per heavy atom. The number of aromatic amines is 1. The van der Waals surface area contributed by atoms with Crippen molar-refractivity contribution in [3.63, 3.8) is 0 Å². The Bertz CT molecular complexity index is 1280. The number of hydrogen-bond donors (Lipinski definition) is 2. The van der Waals surface area contributed by atoms with Gasteiger partial charge in [-0.2, -0.15) is 0 Å². The van der Waals surface area contributed by atoms with E-state index < -0.39 is 8.07 Å². The Hall–Kier alpha value is -3.48. The van der Waals surface area contributed by atoms with Crippen LogP contribution in [0.5, 0.6) is 0 Å². The first-order chi connectivity index (χ1) is 14.8. The van der Waals surface area contributed by atoms with Crippen LogP contribution in [0.3, 0.4) is 0 Å². The third-order valence-electron chi connectivity index (χ3n) is 5.17. The third kappa shape index (κ3) is 4.65. The lowest BCUT2D eigenvalue weighted by Gasteiger charge is -2.13. The highest BCUT2D eigenvalue weighted by molar-refractivity contribution is 6.83. The second kappa shape index (κ2) is 8.33. The molecule has 0 aliphatic rings. The lowest BCUT2D eigenvalue weighted by atomic mass is 9.93. The Labute approximate surface area is 186 Å². The van der Waals surface area contributed by atoms with Crippen LogP contribution in [0.1, 0.15) is 11.3 Å². The number of hydrogen-bond acceptors (Lipinski definition) is 1. The van der Waals surface area contributed by atoms with Crippen molar-refractivity contribution in [1.82, 2.24) is 4.98 Å². The highest BCUT2D eigenvalue weighted by atomic mass is 28.3. The molecule has 0 amide bonds. The van der Waals surface area contributed by atoms with Crippen molar-refractivity contribution in [3.05, 3.63) is 90.1 Å². The standard InChI is InChI=1S/C28H28N2Si/c1-20-18-26(21-10-6-5-7-11-21)28(30-20)25-13-9-8-12-24(25)22-14-15-27(29)23(19-22)16-17-31(2,3)4/h5-15,18-19,30H,29H2,1-4H3. The van der Waals surface area contributed by atoms with Crippen LogP contribution < -0.4 is 5.73 Å². The minimum Gasteiger partial charge on any atom is -0.398 e. The summed E-state index contributed by atoms with van der Waals surface area (Å²) in [5.41, 5.74) is 19.5. The van der Waals surface area contributed by atoms with Gasteiger partial charge in [0, 0.05) is 28.1 Å². The highest BCUT2D eigenvalue weighted by Gasteiger charge is 2.15. The van der Waals surface area contributed by atoms with Gasteiger partial charge in [0.1, 0.15) is 8.07 Å². The fraction of sp³-hybridized carbons (Fsp3) is 0.143. The maximum absolute atomic E-state index is 6.26. The van der Waals surface area contributed by atoms with E-state index in [1.807, 2.05) is 12.1 Å². The molecule has 3 heteroatoms. The Morgan fingerprint density at radius 1 is 0.742 bits per heavy atom. The molecule has 1 heterocycles. The number of anilines is 1. The van der Waals surface area contributed by atoms with Gasteiger partial charge in [-0.25, -0.2) is 0 Å². The summed E-state index contributed by atoms with van der Waals surface area (Å²) in [6, 6.07) is 27.4. The number of nitrogens with one attached hydrogen (secondary N) is 1. The molecule has 31 heavy (non-hydrogen) atoms. The number of nitrogen functional groups attached to an aromatic ring is 1. The van der Waals surface area contributed by atoms with Gasteiger partial charge in [-0.15, -0.1) is 5.54 Å². The molecule has 3 aromatic carbocycles. The van der Waals surface area contributed by atoms with Gasteiger partial charge in [0.15, 0.2) is 0 Å². The number of aromatic nitrogens is 1. The van der Waals surface area contributed by atoms with Gasteiger partial charge in [-0.05, 0) is 41.8 Å². The largest absolute Gasteiger partial charge is 0.398 e. The first-order valence-electron chi connectivity index (χ1n) is 10.6. The SMILES string of the molecule is Cc1cc(-c2ccccc2)c(-c2ccccc2-c2ccc(N)c(C#C[Si](C)(C)C)c2)[nH]1. The Kier molecular flexibility index (Phi) is 5.59. The molecule has 0 aliphatic heterocycles. The van der Waals surface area contributed by atoms with E-state index in [9.17, 15) is 0 Å². The van der Waals surface area contributed by atoms with E-state index >= 15 is 0 Å². The first kappa shape index (κ1) is 20.8. The van der Waals surface area contributed by atoms with Gasteiger partial charge in [0.25, 0.3) is 0 Å². The van der Waals surface area contributed by atoms with Gasteiger partial charge >= 0.3 is 0 Å². The van der Waals surface area contributed by atoms with Gasteiger partial charge in [0.2, 0.25) is 0 Å². The Morgan fingerprint density at radius 2 is 1.42 bits per heavy atom. The van der Waals surface area contributed by atoms with Crippen molar-refractivity contribution in [2.75, 3.05) is 5.73 Å². The minimum atomic E-state index is -1.49. The van der Waals surface area contributed by atoms with Crippen molar-refractivity contribution >= 4 is 13.8 Å². The molecule has 0 fully saturated rings. The highest BCUT2D eigenvalue weighted by Crippen LogP contribution is 2.38. The number of nitrogens with two attached hydrogens (primary N) is 1. The Balaban J connectivity index is 1.86. The zero-order valence-electron chi connectivity index (χ0n) is 18.6. The molecule has 0 unspecified atom stereocenters. The second-order valence-electron chi connectivity index (χ2n) is 8.95. The number of rotatable bonds is 3. The van der Waals surface area contributed by atoms with Crippen molar-refractivity contribution in [3.8, 4) is 45.0 Å². The molecular weight excluding hydrogens is 392 g/mol. The second-order valence-corrected chi connectivity index (χ2v) is 13.7. The van der Waals surface area contributed by atoms with E-state index in [4.69, 9.17) is 5.73 Å². The van der Waals surface area contributed by atoms with E-state index in [2.05, 4.69) is 110 Å². The predicted molar refractivity (Wildman–Crippen MR) is 136 cm³/mol. The van der Waals surface area contributed by atoms with Gasteiger partial charge in [-0.1, -0.05) is 86.2 Å². The molecule has 4 aromatic rings. The maximum atomic E-state index is 6.26. The van der Waals surface area contributed by atoms with Gasteiger partial charge in [-0.3, -0.25) is 0 Å². The van der Waals surface area contributed by atoms with E-state index in [0.29, 0.717) is 0 Å². The molecule has 4 rings (SSSR count). The molecule has 0 spiro atoms. The monoisotopic (exact) mass is 420 g/mol. The predicted octanol–water partition coefficient (Wildman–Crippen LogP) is 7.14. The van der Waals surface area contributed by atoms with Crippen LogP contribution in [0.25, 0.3) is 33.5 Å². The van der Waals surface area contributed by atoms with Crippen LogP contribution in [-0.4, -0.2) is 13.1 Å². The zero-order chi connectivity index (χ0) is 22.0. The van der Waals surface area contributed by atoms with Crippen molar-refractivity contribution in [2.24, 2.45) is 0 Å². The average molecular weight is 421 g/mol. The fourth-order valence-electron chi connectivity index (χ4n) is 3.69. The molecule has 0 saturated carbocycles. The molecule has 0 saturated heterocycles. The zero-order valence-corrected chi connectivity index (χ0v) is 19.6. The molecule has 0 atom stereocenters. The number of benzene rings is 3. The molecule has 0 bridgehead atoms. The normalized spacial score (nSPS) is 11.1. The van der Waals surface area contributed by atoms with Crippen LogP contribution in [0.2, 0.25) is 19.6 Å². The summed E-state index contributed by atoms with van der Waals surface area (Å²) < 4.78 is 0. The van der Waals surface area contributed by atoms with Crippen LogP contribution in [0, 0.1) is 18.4 Å². The van der Waals surface area contributed by atoms with E-state index in [-0.39, 0.29) is 0 Å². The molecular formula is C28H28N2Si. The topological polar surface area (TPSA) is 41.8 Å². The average Bonchev–Trinajstić information content (AvgIpc) is 3.15. The van der Waals surface area contributed by atoms with Crippen LogP contribution in [0.4, 0.5) is 5.69 Å². The van der Waals surface area contributed by atoms with E-state index in [1.165, 1.54) is 16.7 Å². The lowest BCUT2D eigenvalue weighted by molar-refractivity contribution is 1.27. The van der Waals surface area contributed by atoms with E-state index in [0.717, 1.165) is 33.8 Å². The fourth-order valence-corrected chi connectivity index (χ4v) is 4.20. The quantitative estimate of drug-likeness (QED) is 0.206. The number of aryl methyl sites for hydroxylation is 1. The molecule has 1 aromatic heterocycles. The lowest BCUT2D eigenvalue weighted by Crippen LogP contribution is -2.16. The molecule has 0 radical (unpaired) electrons. The van der Waals surface area contributed by atoms with Crippen molar-refractivity contribution in [2.45, 2.75) is 26.6 Å². The molecule has 2 nitrogen and oxygen atoms in total. The minimum absolute atomic E-state index is 0.729. The van der Waals surface area contributed by atoms with Crippen LogP contribution >= 0.6 is 0 Å². The maximum Gasteiger partial charge on any atom is 0.129 e. The van der Waals surface area contributed by atoms with Gasteiger partial charge < -0.3 is 10.7 Å².